The molecule has 1 aromatic carbocycles. The van der Waals surface area contributed by atoms with Gasteiger partial charge in [0, 0.05) is 4.90 Å². The Morgan fingerprint density at radius 1 is 1.18 bits per heavy atom. The Balaban J connectivity index is 1.71. The van der Waals surface area contributed by atoms with E-state index in [4.69, 9.17) is 0 Å². The number of rotatable bonds is 6. The summed E-state index contributed by atoms with van der Waals surface area (Å²) in [6.07, 6.45) is 5.70. The zero-order valence-corrected chi connectivity index (χ0v) is 11.5. The van der Waals surface area contributed by atoms with Crippen molar-refractivity contribution >= 4 is 11.8 Å². The second-order valence-corrected chi connectivity index (χ2v) is 6.13. The number of hydrogen-bond acceptors (Lipinski definition) is 2. The molecule has 1 aromatic rings. The summed E-state index contributed by atoms with van der Waals surface area (Å²) < 4.78 is 0. The third-order valence-corrected chi connectivity index (χ3v) is 4.83. The Hall–Kier alpha value is -0.470. The Labute approximate surface area is 109 Å². The van der Waals surface area contributed by atoms with Crippen LogP contribution in [0, 0.1) is 11.8 Å². The average Bonchev–Trinajstić information content (AvgIpc) is 2.79. The molecule has 94 valence electrons. The monoisotopic (exact) mass is 249 g/mol. The normalized spacial score (nSPS) is 24.1. The van der Waals surface area contributed by atoms with Gasteiger partial charge < -0.3 is 5.32 Å². The molecule has 1 nitrogen and oxygen atoms in total. The van der Waals surface area contributed by atoms with Crippen LogP contribution in [0.4, 0.5) is 0 Å². The number of benzene rings is 1. The molecule has 0 spiro atoms. The van der Waals surface area contributed by atoms with Crippen molar-refractivity contribution in [1.82, 2.24) is 5.32 Å². The summed E-state index contributed by atoms with van der Waals surface area (Å²) in [7, 11) is 2.08. The molecule has 1 aliphatic carbocycles. The van der Waals surface area contributed by atoms with E-state index < -0.39 is 0 Å². The summed E-state index contributed by atoms with van der Waals surface area (Å²) in [6, 6.07) is 10.8. The predicted octanol–water partition coefficient (Wildman–Crippen LogP) is 3.80. The van der Waals surface area contributed by atoms with Gasteiger partial charge in [-0.15, -0.1) is 11.8 Å². The largest absolute Gasteiger partial charge is 0.319 e. The fourth-order valence-corrected chi connectivity index (χ4v) is 3.88. The Morgan fingerprint density at radius 2 is 1.94 bits per heavy atom. The minimum atomic E-state index is 0.927. The van der Waals surface area contributed by atoms with E-state index >= 15 is 0 Å². The van der Waals surface area contributed by atoms with Crippen molar-refractivity contribution in [2.75, 3.05) is 19.3 Å². The lowest BCUT2D eigenvalue weighted by Gasteiger charge is -2.18. The first-order valence-electron chi connectivity index (χ1n) is 6.72. The zero-order chi connectivity index (χ0) is 11.9. The van der Waals surface area contributed by atoms with Crippen LogP contribution >= 0.6 is 11.8 Å². The van der Waals surface area contributed by atoms with Crippen molar-refractivity contribution in [2.45, 2.75) is 30.6 Å². The standard InChI is InChI=1S/C15H23NS/c1-16-12-14-7-5-6-13(14)10-11-17-15-8-3-2-4-9-15/h2-4,8-9,13-14,16H,5-7,10-12H2,1H3. The van der Waals surface area contributed by atoms with Crippen molar-refractivity contribution in [3.63, 3.8) is 0 Å². The molecule has 0 amide bonds. The SMILES string of the molecule is CNCC1CCCC1CCSc1ccccc1. The average molecular weight is 249 g/mol. The summed E-state index contributed by atoms with van der Waals surface area (Å²) in [5, 5.41) is 3.34. The quantitative estimate of drug-likeness (QED) is 0.770. The molecule has 1 fully saturated rings. The van der Waals surface area contributed by atoms with E-state index in [0.717, 1.165) is 11.8 Å². The maximum absolute atomic E-state index is 3.34. The first-order valence-corrected chi connectivity index (χ1v) is 7.71. The molecule has 2 rings (SSSR count). The van der Waals surface area contributed by atoms with Gasteiger partial charge in [-0.25, -0.2) is 0 Å². The molecule has 0 aliphatic heterocycles. The highest BCUT2D eigenvalue weighted by Crippen LogP contribution is 2.35. The lowest BCUT2D eigenvalue weighted by atomic mass is 9.94. The van der Waals surface area contributed by atoms with Crippen molar-refractivity contribution in [3.8, 4) is 0 Å². The van der Waals surface area contributed by atoms with Gasteiger partial charge in [0.25, 0.3) is 0 Å². The minimum Gasteiger partial charge on any atom is -0.319 e. The van der Waals surface area contributed by atoms with Crippen LogP contribution < -0.4 is 5.32 Å². The Bertz CT molecular complexity index is 312. The smallest absolute Gasteiger partial charge is 0.00719 e. The highest BCUT2D eigenvalue weighted by Gasteiger charge is 2.25. The zero-order valence-electron chi connectivity index (χ0n) is 10.7. The molecule has 0 aromatic heterocycles. The van der Waals surface area contributed by atoms with Gasteiger partial charge in [0.05, 0.1) is 0 Å². The summed E-state index contributed by atoms with van der Waals surface area (Å²) in [6.45, 7) is 1.21. The maximum atomic E-state index is 3.34. The third-order valence-electron chi connectivity index (χ3n) is 3.78. The molecule has 17 heavy (non-hydrogen) atoms. The van der Waals surface area contributed by atoms with Crippen molar-refractivity contribution in [1.29, 1.82) is 0 Å². The van der Waals surface area contributed by atoms with E-state index in [1.807, 2.05) is 11.8 Å². The van der Waals surface area contributed by atoms with E-state index in [9.17, 15) is 0 Å². The van der Waals surface area contributed by atoms with Gasteiger partial charge in [0.1, 0.15) is 0 Å². The van der Waals surface area contributed by atoms with Gasteiger partial charge in [-0.05, 0) is 56.2 Å². The van der Waals surface area contributed by atoms with Crippen LogP contribution in [0.2, 0.25) is 0 Å². The number of thioether (sulfide) groups is 1. The van der Waals surface area contributed by atoms with E-state index in [1.165, 1.54) is 42.9 Å². The predicted molar refractivity (Wildman–Crippen MR) is 76.5 cm³/mol. The van der Waals surface area contributed by atoms with Crippen LogP contribution in [-0.4, -0.2) is 19.3 Å². The van der Waals surface area contributed by atoms with Gasteiger partial charge in [-0.2, -0.15) is 0 Å². The van der Waals surface area contributed by atoms with Crippen molar-refractivity contribution in [3.05, 3.63) is 30.3 Å². The Kier molecular flexibility index (Phi) is 5.40. The van der Waals surface area contributed by atoms with Crippen molar-refractivity contribution in [2.24, 2.45) is 11.8 Å². The molecule has 2 atom stereocenters. The molecular formula is C15H23NS. The molecule has 0 saturated heterocycles. The van der Waals surface area contributed by atoms with E-state index in [1.54, 1.807) is 0 Å². The minimum absolute atomic E-state index is 0.927. The third kappa shape index (κ3) is 4.04. The second kappa shape index (κ2) is 7.07. The summed E-state index contributed by atoms with van der Waals surface area (Å²) in [4.78, 5) is 1.41. The fraction of sp³-hybridized carbons (Fsp3) is 0.600. The van der Waals surface area contributed by atoms with Crippen LogP contribution in [0.3, 0.4) is 0 Å². The van der Waals surface area contributed by atoms with Gasteiger partial charge in [-0.3, -0.25) is 0 Å². The second-order valence-electron chi connectivity index (χ2n) is 4.96. The van der Waals surface area contributed by atoms with Gasteiger partial charge in [0.2, 0.25) is 0 Å². The first-order chi connectivity index (χ1) is 8.40. The molecule has 1 saturated carbocycles. The van der Waals surface area contributed by atoms with Gasteiger partial charge in [0.15, 0.2) is 0 Å². The summed E-state index contributed by atoms with van der Waals surface area (Å²) in [5.41, 5.74) is 0. The molecule has 1 N–H and O–H groups in total. The number of hydrogen-bond donors (Lipinski definition) is 1. The lowest BCUT2D eigenvalue weighted by molar-refractivity contribution is 0.369. The van der Waals surface area contributed by atoms with Crippen LogP contribution in [-0.2, 0) is 0 Å². The fourth-order valence-electron chi connectivity index (χ4n) is 2.87. The molecular weight excluding hydrogens is 226 g/mol. The topological polar surface area (TPSA) is 12.0 Å². The van der Waals surface area contributed by atoms with Crippen molar-refractivity contribution < 1.29 is 0 Å². The van der Waals surface area contributed by atoms with Crippen LogP contribution in [0.1, 0.15) is 25.7 Å². The van der Waals surface area contributed by atoms with E-state index in [2.05, 4.69) is 42.7 Å². The first kappa shape index (κ1) is 13.0. The lowest BCUT2D eigenvalue weighted by Crippen LogP contribution is -2.22. The van der Waals surface area contributed by atoms with Gasteiger partial charge in [-0.1, -0.05) is 31.0 Å². The van der Waals surface area contributed by atoms with E-state index in [-0.39, 0.29) is 0 Å². The highest BCUT2D eigenvalue weighted by atomic mass is 32.2. The van der Waals surface area contributed by atoms with E-state index in [0.29, 0.717) is 0 Å². The van der Waals surface area contributed by atoms with Crippen LogP contribution in [0.5, 0.6) is 0 Å². The molecule has 0 heterocycles. The molecule has 0 bridgehead atoms. The van der Waals surface area contributed by atoms with Gasteiger partial charge >= 0.3 is 0 Å². The summed E-state index contributed by atoms with van der Waals surface area (Å²) in [5.74, 6) is 3.16. The van der Waals surface area contributed by atoms with Crippen LogP contribution in [0.25, 0.3) is 0 Å². The van der Waals surface area contributed by atoms with Crippen LogP contribution in [0.15, 0.2) is 35.2 Å². The maximum Gasteiger partial charge on any atom is 0.00719 e. The molecule has 0 radical (unpaired) electrons. The molecule has 1 aliphatic rings. The molecule has 2 unspecified atom stereocenters. The highest BCUT2D eigenvalue weighted by molar-refractivity contribution is 7.99. The molecule has 2 heteroatoms. The summed E-state index contributed by atoms with van der Waals surface area (Å²) >= 11 is 2.01. The number of nitrogens with one attached hydrogen (secondary N) is 1. The Morgan fingerprint density at radius 3 is 2.71 bits per heavy atom.